The first kappa shape index (κ1) is 22.1. The van der Waals surface area contributed by atoms with Crippen LogP contribution in [0.25, 0.3) is 0 Å². The molecular formula is C24H25N5O4. The fourth-order valence-corrected chi connectivity index (χ4v) is 3.85. The van der Waals surface area contributed by atoms with Gasteiger partial charge in [0.25, 0.3) is 0 Å². The van der Waals surface area contributed by atoms with Crippen LogP contribution >= 0.6 is 0 Å². The largest absolute Gasteiger partial charge is 0.497 e. The van der Waals surface area contributed by atoms with Gasteiger partial charge in [-0.25, -0.2) is 9.48 Å². The summed E-state index contributed by atoms with van der Waals surface area (Å²) in [5.74, 6) is 0.447. The Kier molecular flexibility index (Phi) is 6.39. The van der Waals surface area contributed by atoms with Gasteiger partial charge in [0.2, 0.25) is 11.9 Å². The number of carbonyl (C=O) groups is 2. The molecule has 0 radical (unpaired) electrons. The standard InChI is InChI=1S/C24H25N5O4/c1-4-33-23(31)21-16(2)28(14-20(30)27-18-10-12-19(32-3)13-11-18)24-25-15-26-29(24)22(21)17-8-6-5-7-9-17/h5-13,15,22H,4,14H2,1-3H3,(H,27,30)/t22-/m0/s1. The number of allylic oxidation sites excluding steroid dienone is 1. The lowest BCUT2D eigenvalue weighted by atomic mass is 9.95. The zero-order chi connectivity index (χ0) is 23.4. The van der Waals surface area contributed by atoms with Crippen LogP contribution in [0.1, 0.15) is 25.5 Å². The Bertz CT molecular complexity index is 1170. The van der Waals surface area contributed by atoms with Crippen molar-refractivity contribution in [1.29, 1.82) is 0 Å². The lowest BCUT2D eigenvalue weighted by molar-refractivity contribution is -0.139. The van der Waals surface area contributed by atoms with Crippen molar-refractivity contribution in [2.45, 2.75) is 19.9 Å². The van der Waals surface area contributed by atoms with E-state index in [1.807, 2.05) is 30.3 Å². The van der Waals surface area contributed by atoms with E-state index in [4.69, 9.17) is 9.47 Å². The van der Waals surface area contributed by atoms with Crippen LogP contribution in [-0.4, -0.2) is 46.9 Å². The predicted octanol–water partition coefficient (Wildman–Crippen LogP) is 3.17. The maximum atomic E-state index is 13.0. The fourth-order valence-electron chi connectivity index (χ4n) is 3.85. The molecule has 1 aromatic heterocycles. The number of fused-ring (bicyclic) bond motifs is 1. The number of rotatable bonds is 7. The quantitative estimate of drug-likeness (QED) is 0.556. The molecule has 1 aliphatic rings. The molecule has 170 valence electrons. The summed E-state index contributed by atoms with van der Waals surface area (Å²) < 4.78 is 12.2. The highest BCUT2D eigenvalue weighted by atomic mass is 16.5. The fraction of sp³-hybridized carbons (Fsp3) is 0.250. The first-order valence-corrected chi connectivity index (χ1v) is 10.6. The molecule has 0 saturated heterocycles. The molecule has 1 N–H and O–H groups in total. The summed E-state index contributed by atoms with van der Waals surface area (Å²) >= 11 is 0. The summed E-state index contributed by atoms with van der Waals surface area (Å²) in [6.07, 6.45) is 1.42. The lowest BCUT2D eigenvalue weighted by Crippen LogP contribution is -2.40. The molecule has 1 amide bonds. The van der Waals surface area contributed by atoms with Gasteiger partial charge in [-0.2, -0.15) is 10.1 Å². The molecule has 0 spiro atoms. The number of amides is 1. The molecule has 3 aromatic rings. The number of aromatic nitrogens is 3. The van der Waals surface area contributed by atoms with Gasteiger partial charge in [0, 0.05) is 11.4 Å². The minimum absolute atomic E-state index is 0.0546. The van der Waals surface area contributed by atoms with Crippen LogP contribution < -0.4 is 15.0 Å². The van der Waals surface area contributed by atoms with Crippen LogP contribution in [-0.2, 0) is 14.3 Å². The maximum Gasteiger partial charge on any atom is 0.338 e. The second-order valence-electron chi connectivity index (χ2n) is 7.40. The van der Waals surface area contributed by atoms with Crippen LogP contribution in [0.5, 0.6) is 5.75 Å². The molecule has 9 nitrogen and oxygen atoms in total. The zero-order valence-electron chi connectivity index (χ0n) is 18.7. The van der Waals surface area contributed by atoms with Crippen molar-refractivity contribution >= 4 is 23.5 Å². The van der Waals surface area contributed by atoms with Gasteiger partial charge in [-0.05, 0) is 43.7 Å². The molecule has 0 saturated carbocycles. The highest BCUT2D eigenvalue weighted by molar-refractivity contribution is 5.96. The number of benzene rings is 2. The molecule has 1 aliphatic heterocycles. The number of carbonyl (C=O) groups excluding carboxylic acids is 2. The molecule has 2 heterocycles. The molecule has 1 atom stereocenters. The Balaban J connectivity index is 1.68. The number of nitrogens with one attached hydrogen (secondary N) is 1. The smallest absolute Gasteiger partial charge is 0.338 e. The minimum Gasteiger partial charge on any atom is -0.497 e. The number of anilines is 2. The van der Waals surface area contributed by atoms with Crippen LogP contribution in [0.4, 0.5) is 11.6 Å². The van der Waals surface area contributed by atoms with Gasteiger partial charge in [0.05, 0.1) is 19.3 Å². The Labute approximate surface area is 191 Å². The summed E-state index contributed by atoms with van der Waals surface area (Å²) in [7, 11) is 1.58. The van der Waals surface area contributed by atoms with Crippen molar-refractivity contribution in [3.05, 3.63) is 77.8 Å². The molecule has 0 aliphatic carbocycles. The Morgan fingerprint density at radius 2 is 1.82 bits per heavy atom. The van der Waals surface area contributed by atoms with E-state index in [0.717, 1.165) is 5.56 Å². The SMILES string of the molecule is CCOC(=O)C1=C(C)N(CC(=O)Nc2ccc(OC)cc2)c2ncnn2[C@H]1c1ccccc1. The highest BCUT2D eigenvalue weighted by Crippen LogP contribution is 2.38. The Hall–Kier alpha value is -4.14. The van der Waals surface area contributed by atoms with E-state index in [1.54, 1.807) is 54.8 Å². The summed E-state index contributed by atoms with van der Waals surface area (Å²) in [5.41, 5.74) is 2.51. The van der Waals surface area contributed by atoms with Gasteiger partial charge >= 0.3 is 5.97 Å². The molecular weight excluding hydrogens is 422 g/mol. The van der Waals surface area contributed by atoms with E-state index >= 15 is 0 Å². The van der Waals surface area contributed by atoms with Crippen LogP contribution in [0.2, 0.25) is 0 Å². The third kappa shape index (κ3) is 4.43. The van der Waals surface area contributed by atoms with E-state index in [0.29, 0.717) is 28.7 Å². The third-order valence-electron chi connectivity index (χ3n) is 5.39. The maximum absolute atomic E-state index is 13.0. The van der Waals surface area contributed by atoms with Crippen molar-refractivity contribution in [3.8, 4) is 5.75 Å². The number of hydrogen-bond acceptors (Lipinski definition) is 7. The highest BCUT2D eigenvalue weighted by Gasteiger charge is 2.38. The second kappa shape index (κ2) is 9.56. The number of methoxy groups -OCH3 is 1. The molecule has 0 fully saturated rings. The van der Waals surface area contributed by atoms with Crippen molar-refractivity contribution in [1.82, 2.24) is 14.8 Å². The average molecular weight is 447 g/mol. The normalized spacial score (nSPS) is 15.1. The van der Waals surface area contributed by atoms with Gasteiger partial charge in [-0.1, -0.05) is 30.3 Å². The van der Waals surface area contributed by atoms with Gasteiger partial charge in [0.15, 0.2) is 0 Å². The minimum atomic E-state index is -0.511. The Morgan fingerprint density at radius 1 is 1.09 bits per heavy atom. The lowest BCUT2D eigenvalue weighted by Gasteiger charge is -2.35. The van der Waals surface area contributed by atoms with E-state index in [1.165, 1.54) is 6.33 Å². The second-order valence-corrected chi connectivity index (χ2v) is 7.40. The van der Waals surface area contributed by atoms with Crippen molar-refractivity contribution in [3.63, 3.8) is 0 Å². The monoisotopic (exact) mass is 447 g/mol. The average Bonchev–Trinajstić information content (AvgIpc) is 3.31. The Morgan fingerprint density at radius 3 is 2.48 bits per heavy atom. The van der Waals surface area contributed by atoms with E-state index < -0.39 is 12.0 Å². The van der Waals surface area contributed by atoms with Gasteiger partial charge < -0.3 is 19.7 Å². The number of hydrogen-bond donors (Lipinski definition) is 1. The molecule has 9 heteroatoms. The van der Waals surface area contributed by atoms with Crippen LogP contribution in [0.15, 0.2) is 72.2 Å². The van der Waals surface area contributed by atoms with Crippen molar-refractivity contribution in [2.24, 2.45) is 0 Å². The number of ether oxygens (including phenoxy) is 2. The van der Waals surface area contributed by atoms with Crippen LogP contribution in [0, 0.1) is 0 Å². The van der Waals surface area contributed by atoms with E-state index in [9.17, 15) is 9.59 Å². The molecule has 33 heavy (non-hydrogen) atoms. The van der Waals surface area contributed by atoms with Crippen molar-refractivity contribution in [2.75, 3.05) is 30.5 Å². The van der Waals surface area contributed by atoms with Gasteiger partial charge in [-0.15, -0.1) is 0 Å². The third-order valence-corrected chi connectivity index (χ3v) is 5.39. The van der Waals surface area contributed by atoms with Crippen LogP contribution in [0.3, 0.4) is 0 Å². The summed E-state index contributed by atoms with van der Waals surface area (Å²) in [6, 6.07) is 16.1. The molecule has 4 rings (SSSR count). The topological polar surface area (TPSA) is 98.6 Å². The number of esters is 1. The van der Waals surface area contributed by atoms with Gasteiger partial charge in [0.1, 0.15) is 24.7 Å². The van der Waals surface area contributed by atoms with Gasteiger partial charge in [-0.3, -0.25) is 4.79 Å². The van der Waals surface area contributed by atoms with E-state index in [2.05, 4.69) is 15.4 Å². The molecule has 0 unspecified atom stereocenters. The predicted molar refractivity (Wildman–Crippen MR) is 123 cm³/mol. The summed E-state index contributed by atoms with van der Waals surface area (Å²) in [4.78, 5) is 32.0. The first-order valence-electron chi connectivity index (χ1n) is 10.6. The molecule has 2 aromatic carbocycles. The first-order chi connectivity index (χ1) is 16.0. The van der Waals surface area contributed by atoms with E-state index in [-0.39, 0.29) is 19.1 Å². The zero-order valence-corrected chi connectivity index (χ0v) is 18.7. The summed E-state index contributed by atoms with van der Waals surface area (Å²) in [6.45, 7) is 3.73. The molecule has 0 bridgehead atoms. The number of nitrogens with zero attached hydrogens (tertiary/aromatic N) is 4. The summed E-state index contributed by atoms with van der Waals surface area (Å²) in [5, 5.41) is 7.24. The van der Waals surface area contributed by atoms with Crippen molar-refractivity contribution < 1.29 is 19.1 Å².